The van der Waals surface area contributed by atoms with Gasteiger partial charge in [0.1, 0.15) is 5.82 Å². The number of hydrogen-bond acceptors (Lipinski definition) is 5. The molecule has 1 spiro atoms. The lowest BCUT2D eigenvalue weighted by molar-refractivity contribution is -0.135. The summed E-state index contributed by atoms with van der Waals surface area (Å²) >= 11 is 0. The molecule has 3 aromatic rings. The summed E-state index contributed by atoms with van der Waals surface area (Å²) in [6.07, 6.45) is 1.77. The Kier molecular flexibility index (Phi) is 4.87. The molecule has 2 aliphatic heterocycles. The third kappa shape index (κ3) is 3.21. The number of hydrogen-bond donors (Lipinski definition) is 0. The number of rotatable bonds is 5. The highest BCUT2D eigenvalue weighted by atomic mass is 16.5. The topological polar surface area (TPSA) is 58.6 Å². The van der Waals surface area contributed by atoms with Gasteiger partial charge in [-0.2, -0.15) is 0 Å². The van der Waals surface area contributed by atoms with Crippen LogP contribution in [0, 0.1) is 5.41 Å². The van der Waals surface area contributed by atoms with Gasteiger partial charge in [-0.25, -0.2) is 9.97 Å². The van der Waals surface area contributed by atoms with Gasteiger partial charge in [-0.3, -0.25) is 4.79 Å². The number of carbonyl (C=O) groups excluding carboxylic acids is 1. The molecular weight excluding hydrogens is 376 g/mol. The number of amides is 1. The maximum absolute atomic E-state index is 13.2. The first-order valence-corrected chi connectivity index (χ1v) is 10.6. The summed E-state index contributed by atoms with van der Waals surface area (Å²) in [4.78, 5) is 27.2. The van der Waals surface area contributed by atoms with E-state index in [0.717, 1.165) is 54.0 Å². The minimum absolute atomic E-state index is 0.267. The summed E-state index contributed by atoms with van der Waals surface area (Å²) in [7, 11) is 1.68. The van der Waals surface area contributed by atoms with Gasteiger partial charge in [-0.05, 0) is 25.0 Å². The van der Waals surface area contributed by atoms with Crippen LogP contribution < -0.4 is 4.90 Å². The minimum atomic E-state index is -0.299. The molecular formula is C24H26N4O2. The fourth-order valence-electron chi connectivity index (χ4n) is 4.76. The zero-order valence-corrected chi connectivity index (χ0v) is 17.3. The molecule has 1 amide bonds. The molecule has 2 aromatic carbocycles. The Hall–Kier alpha value is -2.99. The monoisotopic (exact) mass is 402 g/mol. The van der Waals surface area contributed by atoms with E-state index >= 15 is 0 Å². The van der Waals surface area contributed by atoms with Crippen LogP contribution in [0.1, 0.15) is 12.8 Å². The van der Waals surface area contributed by atoms with Crippen LogP contribution in [0.25, 0.3) is 22.3 Å². The highest BCUT2D eigenvalue weighted by Gasteiger charge is 2.51. The van der Waals surface area contributed by atoms with E-state index in [0.29, 0.717) is 19.7 Å². The molecule has 3 heterocycles. The van der Waals surface area contributed by atoms with Crippen LogP contribution in [-0.4, -0.2) is 60.7 Å². The second kappa shape index (κ2) is 7.69. The molecule has 1 aromatic heterocycles. The largest absolute Gasteiger partial charge is 0.383 e. The highest BCUT2D eigenvalue weighted by molar-refractivity contribution is 5.92. The first kappa shape index (κ1) is 19.0. The van der Waals surface area contributed by atoms with Crippen molar-refractivity contribution in [3.63, 3.8) is 0 Å². The fourth-order valence-corrected chi connectivity index (χ4v) is 4.76. The number of fused-ring (bicyclic) bond motifs is 1. The molecule has 0 bridgehead atoms. The average Bonchev–Trinajstić information content (AvgIpc) is 3.36. The Balaban J connectivity index is 1.49. The van der Waals surface area contributed by atoms with Crippen LogP contribution in [0.4, 0.5) is 5.82 Å². The zero-order valence-electron chi connectivity index (χ0n) is 17.3. The summed E-state index contributed by atoms with van der Waals surface area (Å²) in [5, 5.41) is 1.04. The first-order valence-electron chi connectivity index (χ1n) is 10.6. The van der Waals surface area contributed by atoms with Gasteiger partial charge in [0.2, 0.25) is 5.91 Å². The van der Waals surface area contributed by atoms with E-state index in [2.05, 4.69) is 11.0 Å². The van der Waals surface area contributed by atoms with Crippen molar-refractivity contribution in [2.24, 2.45) is 5.41 Å². The zero-order chi connectivity index (χ0) is 20.6. The lowest BCUT2D eigenvalue weighted by Gasteiger charge is -2.25. The third-order valence-electron chi connectivity index (χ3n) is 6.43. The van der Waals surface area contributed by atoms with Gasteiger partial charge in [-0.15, -0.1) is 0 Å². The Morgan fingerprint density at radius 3 is 2.60 bits per heavy atom. The van der Waals surface area contributed by atoms with Crippen molar-refractivity contribution < 1.29 is 9.53 Å². The Morgan fingerprint density at radius 1 is 1.00 bits per heavy atom. The number of nitrogens with zero attached hydrogens (tertiary/aromatic N) is 4. The number of methoxy groups -OCH3 is 1. The number of anilines is 1. The van der Waals surface area contributed by atoms with Crippen molar-refractivity contribution >= 4 is 22.6 Å². The maximum Gasteiger partial charge on any atom is 0.230 e. The molecule has 0 saturated carbocycles. The van der Waals surface area contributed by atoms with Gasteiger partial charge < -0.3 is 14.5 Å². The van der Waals surface area contributed by atoms with Crippen LogP contribution in [0.15, 0.2) is 54.6 Å². The number of likely N-dealkylation sites (tertiary alicyclic amines) is 1. The highest BCUT2D eigenvalue weighted by Crippen LogP contribution is 2.43. The number of aromatic nitrogens is 2. The van der Waals surface area contributed by atoms with Crippen molar-refractivity contribution in [3.8, 4) is 11.4 Å². The Bertz CT molecular complexity index is 1070. The normalized spacial score (nSPS) is 21.3. The maximum atomic E-state index is 13.2. The van der Waals surface area contributed by atoms with Crippen LogP contribution >= 0.6 is 0 Å². The summed E-state index contributed by atoms with van der Waals surface area (Å²) < 4.78 is 5.18. The van der Waals surface area contributed by atoms with Gasteiger partial charge in [0.15, 0.2) is 5.82 Å². The van der Waals surface area contributed by atoms with E-state index in [9.17, 15) is 4.79 Å². The first-order chi connectivity index (χ1) is 14.7. The van der Waals surface area contributed by atoms with Gasteiger partial charge >= 0.3 is 0 Å². The summed E-state index contributed by atoms with van der Waals surface area (Å²) in [6, 6.07) is 18.2. The van der Waals surface area contributed by atoms with E-state index in [1.54, 1.807) is 7.11 Å². The standard InChI is InChI=1S/C24H26N4O2/c1-30-16-15-27-13-11-24(23(27)29)12-14-28(17-24)22-19-9-5-6-10-20(19)25-21(26-22)18-7-3-2-4-8-18/h2-10H,11-17H2,1H3. The van der Waals surface area contributed by atoms with Crippen LogP contribution in [0.2, 0.25) is 0 Å². The smallest absolute Gasteiger partial charge is 0.230 e. The third-order valence-corrected chi connectivity index (χ3v) is 6.43. The van der Waals surface area contributed by atoms with Crippen LogP contribution in [0.3, 0.4) is 0 Å². The molecule has 1 unspecified atom stereocenters. The quantitative estimate of drug-likeness (QED) is 0.655. The van der Waals surface area contributed by atoms with E-state index in [-0.39, 0.29) is 11.3 Å². The van der Waals surface area contributed by atoms with E-state index < -0.39 is 0 Å². The average molecular weight is 402 g/mol. The second-order valence-electron chi connectivity index (χ2n) is 8.24. The molecule has 6 heteroatoms. The summed E-state index contributed by atoms with van der Waals surface area (Å²) in [5.41, 5.74) is 1.63. The molecule has 2 fully saturated rings. The predicted molar refractivity (Wildman–Crippen MR) is 117 cm³/mol. The minimum Gasteiger partial charge on any atom is -0.383 e. The van der Waals surface area contributed by atoms with Crippen molar-refractivity contribution in [1.29, 1.82) is 0 Å². The van der Waals surface area contributed by atoms with Crippen molar-refractivity contribution in [1.82, 2.24) is 14.9 Å². The van der Waals surface area contributed by atoms with Crippen molar-refractivity contribution in [2.45, 2.75) is 12.8 Å². The molecule has 2 aliphatic rings. The molecule has 154 valence electrons. The van der Waals surface area contributed by atoms with Gasteiger partial charge in [0, 0.05) is 44.2 Å². The number of carbonyl (C=O) groups is 1. The van der Waals surface area contributed by atoms with E-state index in [1.807, 2.05) is 53.4 Å². The molecule has 2 saturated heterocycles. The fraction of sp³-hybridized carbons (Fsp3) is 0.375. The number of ether oxygens (including phenoxy) is 1. The SMILES string of the molecule is COCCN1CCC2(CCN(c3nc(-c4ccccc4)nc4ccccc34)C2)C1=O. The van der Waals surface area contributed by atoms with Crippen LogP contribution in [0.5, 0.6) is 0 Å². The number of para-hydroxylation sites is 1. The van der Waals surface area contributed by atoms with Crippen LogP contribution in [-0.2, 0) is 9.53 Å². The van der Waals surface area contributed by atoms with E-state index in [4.69, 9.17) is 14.7 Å². The van der Waals surface area contributed by atoms with Gasteiger partial charge in [0.25, 0.3) is 0 Å². The van der Waals surface area contributed by atoms with E-state index in [1.165, 1.54) is 0 Å². The van der Waals surface area contributed by atoms with Gasteiger partial charge in [0.05, 0.1) is 17.5 Å². The summed E-state index contributed by atoms with van der Waals surface area (Å²) in [5.74, 6) is 1.92. The van der Waals surface area contributed by atoms with Crippen molar-refractivity contribution in [2.75, 3.05) is 44.8 Å². The second-order valence-corrected chi connectivity index (χ2v) is 8.24. The lowest BCUT2D eigenvalue weighted by Crippen LogP contribution is -2.38. The molecule has 5 rings (SSSR count). The summed E-state index contributed by atoms with van der Waals surface area (Å²) in [6.45, 7) is 3.62. The van der Waals surface area contributed by atoms with Crippen molar-refractivity contribution in [3.05, 3.63) is 54.6 Å². The predicted octanol–water partition coefficient (Wildman–Crippen LogP) is 3.37. The molecule has 0 radical (unpaired) electrons. The molecule has 6 nitrogen and oxygen atoms in total. The Morgan fingerprint density at radius 2 is 1.77 bits per heavy atom. The molecule has 0 aliphatic carbocycles. The Labute approximate surface area is 176 Å². The molecule has 30 heavy (non-hydrogen) atoms. The van der Waals surface area contributed by atoms with Gasteiger partial charge in [-0.1, -0.05) is 42.5 Å². The lowest BCUT2D eigenvalue weighted by atomic mass is 9.85. The molecule has 1 atom stereocenters. The number of benzene rings is 2. The molecule has 0 N–H and O–H groups in total.